The van der Waals surface area contributed by atoms with Crippen LogP contribution >= 0.6 is 23.4 Å². The molecular formula is C24H22ClN3O4S. The Morgan fingerprint density at radius 1 is 1.00 bits per heavy atom. The zero-order valence-electron chi connectivity index (χ0n) is 17.8. The first-order valence-corrected chi connectivity index (χ1v) is 11.3. The van der Waals surface area contributed by atoms with Crippen molar-refractivity contribution in [3.05, 3.63) is 83.4 Å². The molecule has 2 amide bonds. The number of hydrogen-bond acceptors (Lipinski definition) is 6. The summed E-state index contributed by atoms with van der Waals surface area (Å²) in [6.45, 7) is -0.167. The first-order valence-electron chi connectivity index (χ1n) is 9.89. The van der Waals surface area contributed by atoms with Crippen molar-refractivity contribution in [3.8, 4) is 11.5 Å². The molecule has 0 saturated heterocycles. The number of para-hydroxylation sites is 1. The average Bonchev–Trinajstić information content (AvgIpc) is 2.83. The average molecular weight is 484 g/mol. The number of benzene rings is 3. The van der Waals surface area contributed by atoms with Crippen molar-refractivity contribution in [1.29, 1.82) is 0 Å². The summed E-state index contributed by atoms with van der Waals surface area (Å²) >= 11 is 7.24. The number of methoxy groups -OCH3 is 1. The normalized spacial score (nSPS) is 10.6. The van der Waals surface area contributed by atoms with Crippen LogP contribution in [0.4, 0.5) is 5.69 Å². The van der Waals surface area contributed by atoms with E-state index >= 15 is 0 Å². The number of anilines is 1. The Morgan fingerprint density at radius 3 is 2.48 bits per heavy atom. The Labute approximate surface area is 201 Å². The van der Waals surface area contributed by atoms with Crippen LogP contribution in [0.2, 0.25) is 5.02 Å². The lowest BCUT2D eigenvalue weighted by molar-refractivity contribution is -0.119. The molecule has 3 aromatic rings. The zero-order chi connectivity index (χ0) is 23.5. The molecule has 0 bridgehead atoms. The highest BCUT2D eigenvalue weighted by molar-refractivity contribution is 8.00. The summed E-state index contributed by atoms with van der Waals surface area (Å²) in [5, 5.41) is 7.37. The van der Waals surface area contributed by atoms with Gasteiger partial charge in [0.05, 0.1) is 19.1 Å². The standard InChI is InChI=1S/C24H22ClN3O4S/c1-31-22-13-17(14-26-28-24(30)16-33-20-10-8-18(25)9-11-20)7-12-21(22)32-15-23(29)27-19-5-3-2-4-6-19/h2-14H,15-16H2,1H3,(H,27,29)(H,28,30)/b26-14-. The number of carbonyl (C=O) groups excluding carboxylic acids is 2. The third kappa shape index (κ3) is 8.17. The number of hydrogen-bond donors (Lipinski definition) is 2. The molecule has 2 N–H and O–H groups in total. The number of rotatable bonds is 10. The van der Waals surface area contributed by atoms with Gasteiger partial charge >= 0.3 is 0 Å². The molecule has 33 heavy (non-hydrogen) atoms. The fourth-order valence-electron chi connectivity index (χ4n) is 2.64. The van der Waals surface area contributed by atoms with Crippen LogP contribution in [0.3, 0.4) is 0 Å². The Morgan fingerprint density at radius 2 is 1.76 bits per heavy atom. The van der Waals surface area contributed by atoms with Crippen LogP contribution in [0, 0.1) is 0 Å². The number of carbonyl (C=O) groups is 2. The molecule has 0 aliphatic heterocycles. The minimum absolute atomic E-state index is 0.167. The van der Waals surface area contributed by atoms with Crippen molar-refractivity contribution in [2.24, 2.45) is 5.10 Å². The quantitative estimate of drug-likeness (QED) is 0.250. The molecule has 0 radical (unpaired) electrons. The summed E-state index contributed by atoms with van der Waals surface area (Å²) < 4.78 is 10.9. The SMILES string of the molecule is COc1cc(/C=N\NC(=O)CSc2ccc(Cl)cc2)ccc1OCC(=O)Nc1ccccc1. The van der Waals surface area contributed by atoms with Gasteiger partial charge in [-0.3, -0.25) is 9.59 Å². The van der Waals surface area contributed by atoms with Gasteiger partial charge in [-0.2, -0.15) is 5.10 Å². The van der Waals surface area contributed by atoms with Crippen LogP contribution in [0.25, 0.3) is 0 Å². The molecule has 7 nitrogen and oxygen atoms in total. The van der Waals surface area contributed by atoms with E-state index in [-0.39, 0.29) is 24.2 Å². The van der Waals surface area contributed by atoms with Gasteiger partial charge in [0, 0.05) is 15.6 Å². The molecular weight excluding hydrogens is 462 g/mol. The third-order valence-electron chi connectivity index (χ3n) is 4.19. The van der Waals surface area contributed by atoms with E-state index in [2.05, 4.69) is 15.8 Å². The number of amides is 2. The number of halogens is 1. The van der Waals surface area contributed by atoms with Gasteiger partial charge in [0.15, 0.2) is 18.1 Å². The van der Waals surface area contributed by atoms with Gasteiger partial charge < -0.3 is 14.8 Å². The Hall–Kier alpha value is -3.49. The highest BCUT2D eigenvalue weighted by Gasteiger charge is 2.09. The van der Waals surface area contributed by atoms with E-state index in [0.717, 1.165) is 4.90 Å². The van der Waals surface area contributed by atoms with Gasteiger partial charge in [-0.15, -0.1) is 11.8 Å². The summed E-state index contributed by atoms with van der Waals surface area (Å²) in [4.78, 5) is 25.0. The van der Waals surface area contributed by atoms with Crippen LogP contribution in [-0.2, 0) is 9.59 Å². The molecule has 0 unspecified atom stereocenters. The van der Waals surface area contributed by atoms with Crippen molar-refractivity contribution in [2.45, 2.75) is 4.90 Å². The minimum atomic E-state index is -0.284. The summed E-state index contributed by atoms with van der Waals surface area (Å²) in [5.41, 5.74) is 3.87. The zero-order valence-corrected chi connectivity index (χ0v) is 19.4. The number of thioether (sulfide) groups is 1. The second-order valence-electron chi connectivity index (χ2n) is 6.65. The van der Waals surface area contributed by atoms with Crippen molar-refractivity contribution < 1.29 is 19.1 Å². The number of nitrogens with one attached hydrogen (secondary N) is 2. The van der Waals surface area contributed by atoms with Crippen LogP contribution in [0.1, 0.15) is 5.56 Å². The molecule has 170 valence electrons. The molecule has 0 heterocycles. The monoisotopic (exact) mass is 483 g/mol. The summed E-state index contributed by atoms with van der Waals surface area (Å²) in [6, 6.07) is 21.5. The molecule has 0 aromatic heterocycles. The highest BCUT2D eigenvalue weighted by atomic mass is 35.5. The molecule has 0 fully saturated rings. The topological polar surface area (TPSA) is 89.0 Å². The van der Waals surface area contributed by atoms with Crippen LogP contribution in [-0.4, -0.2) is 37.5 Å². The number of ether oxygens (including phenoxy) is 2. The summed E-state index contributed by atoms with van der Waals surface area (Å²) in [6.07, 6.45) is 1.50. The Bertz CT molecular complexity index is 1110. The van der Waals surface area contributed by atoms with E-state index in [1.165, 1.54) is 25.1 Å². The van der Waals surface area contributed by atoms with E-state index in [4.69, 9.17) is 21.1 Å². The predicted octanol–water partition coefficient (Wildman–Crippen LogP) is 4.61. The minimum Gasteiger partial charge on any atom is -0.493 e. The first kappa shape index (κ1) is 24.2. The molecule has 9 heteroatoms. The van der Waals surface area contributed by atoms with Gasteiger partial charge in [-0.25, -0.2) is 5.43 Å². The van der Waals surface area contributed by atoms with Gasteiger partial charge in [0.25, 0.3) is 5.91 Å². The van der Waals surface area contributed by atoms with E-state index in [1.807, 2.05) is 30.3 Å². The molecule has 0 saturated carbocycles. The Kier molecular flexibility index (Phi) is 9.17. The first-order chi connectivity index (χ1) is 16.0. The number of nitrogens with zero attached hydrogens (tertiary/aromatic N) is 1. The van der Waals surface area contributed by atoms with Crippen molar-refractivity contribution in [3.63, 3.8) is 0 Å². The predicted molar refractivity (Wildman–Crippen MR) is 131 cm³/mol. The maximum absolute atomic E-state index is 12.1. The molecule has 0 atom stereocenters. The van der Waals surface area contributed by atoms with Gasteiger partial charge in [0.2, 0.25) is 5.91 Å². The fraction of sp³-hybridized carbons (Fsp3) is 0.125. The van der Waals surface area contributed by atoms with Crippen molar-refractivity contribution in [2.75, 3.05) is 24.8 Å². The maximum atomic E-state index is 12.1. The van der Waals surface area contributed by atoms with E-state index in [0.29, 0.717) is 27.8 Å². The Balaban J connectivity index is 1.47. The summed E-state index contributed by atoms with van der Waals surface area (Å²) in [7, 11) is 1.50. The van der Waals surface area contributed by atoms with Gasteiger partial charge in [-0.05, 0) is 60.2 Å². The smallest absolute Gasteiger partial charge is 0.262 e. The summed E-state index contributed by atoms with van der Waals surface area (Å²) in [5.74, 6) is 0.563. The van der Waals surface area contributed by atoms with Gasteiger partial charge in [0.1, 0.15) is 0 Å². The molecule has 0 aliphatic carbocycles. The van der Waals surface area contributed by atoms with Crippen LogP contribution < -0.4 is 20.2 Å². The van der Waals surface area contributed by atoms with E-state index in [1.54, 1.807) is 42.5 Å². The van der Waals surface area contributed by atoms with Crippen LogP contribution in [0.15, 0.2) is 82.8 Å². The van der Waals surface area contributed by atoms with E-state index in [9.17, 15) is 9.59 Å². The second kappa shape index (κ2) is 12.5. The lowest BCUT2D eigenvalue weighted by Gasteiger charge is -2.11. The lowest BCUT2D eigenvalue weighted by atomic mass is 10.2. The van der Waals surface area contributed by atoms with Crippen molar-refractivity contribution >= 4 is 47.1 Å². The molecule has 0 aliphatic rings. The van der Waals surface area contributed by atoms with Gasteiger partial charge in [-0.1, -0.05) is 29.8 Å². The van der Waals surface area contributed by atoms with E-state index < -0.39 is 0 Å². The fourth-order valence-corrected chi connectivity index (χ4v) is 3.45. The van der Waals surface area contributed by atoms with Crippen molar-refractivity contribution in [1.82, 2.24) is 5.43 Å². The molecule has 3 aromatic carbocycles. The van der Waals surface area contributed by atoms with Crippen LogP contribution in [0.5, 0.6) is 11.5 Å². The maximum Gasteiger partial charge on any atom is 0.262 e. The highest BCUT2D eigenvalue weighted by Crippen LogP contribution is 2.27. The number of hydrazone groups is 1. The second-order valence-corrected chi connectivity index (χ2v) is 8.13. The molecule has 3 rings (SSSR count). The largest absolute Gasteiger partial charge is 0.493 e. The molecule has 0 spiro atoms. The lowest BCUT2D eigenvalue weighted by Crippen LogP contribution is -2.20. The third-order valence-corrected chi connectivity index (χ3v) is 5.45.